The summed E-state index contributed by atoms with van der Waals surface area (Å²) in [6.45, 7) is 0.263. The largest absolute Gasteiger partial charge is 0.497 e. The summed E-state index contributed by atoms with van der Waals surface area (Å²) in [6, 6.07) is 3.09. The molecule has 1 fully saturated rings. The van der Waals surface area contributed by atoms with E-state index in [9.17, 15) is 18.0 Å². The normalized spacial score (nSPS) is 20.8. The summed E-state index contributed by atoms with van der Waals surface area (Å²) >= 11 is 0. The molecule has 2 rings (SSSR count). The predicted molar refractivity (Wildman–Crippen MR) is 103 cm³/mol. The molecule has 0 unspecified atom stereocenters. The number of nitrogens with two attached hydrogens (primary N) is 2. The number of nitrogens with one attached hydrogen (secondary N) is 2. The molecule has 3 atom stereocenters. The van der Waals surface area contributed by atoms with Gasteiger partial charge in [0.05, 0.1) is 18.0 Å². The minimum Gasteiger partial charge on any atom is -0.497 e. The van der Waals surface area contributed by atoms with Crippen molar-refractivity contribution >= 4 is 21.8 Å². The Kier molecular flexibility index (Phi) is 7.93. The molecule has 1 aromatic rings. The van der Waals surface area contributed by atoms with Crippen LogP contribution in [0, 0.1) is 0 Å². The van der Waals surface area contributed by atoms with Crippen LogP contribution in [0.1, 0.15) is 19.3 Å². The molecule has 2 amide bonds. The van der Waals surface area contributed by atoms with Gasteiger partial charge in [0.2, 0.25) is 15.9 Å². The van der Waals surface area contributed by atoms with Crippen molar-refractivity contribution < 1.29 is 28.0 Å². The van der Waals surface area contributed by atoms with Gasteiger partial charge in [-0.1, -0.05) is 0 Å². The average Bonchev–Trinajstić information content (AvgIpc) is 3.15. The molecule has 12 heteroatoms. The van der Waals surface area contributed by atoms with Gasteiger partial charge in [-0.05, 0) is 50.1 Å². The molecule has 1 saturated heterocycles. The summed E-state index contributed by atoms with van der Waals surface area (Å²) in [4.78, 5) is 24.3. The molecular formula is C17H27N5O6S. The van der Waals surface area contributed by atoms with Gasteiger partial charge in [0.15, 0.2) is 0 Å². The molecule has 7 N–H and O–H groups in total. The van der Waals surface area contributed by atoms with E-state index in [2.05, 4.69) is 5.32 Å². The number of methoxy groups -OCH3 is 1. The number of benzene rings is 1. The minimum absolute atomic E-state index is 0.00285. The molecular weight excluding hydrogens is 402 g/mol. The lowest BCUT2D eigenvalue weighted by Crippen LogP contribution is -2.47. The molecule has 0 bridgehead atoms. The zero-order valence-electron chi connectivity index (χ0n) is 16.1. The fraction of sp³-hybridized carbons (Fsp3) is 0.529. The van der Waals surface area contributed by atoms with E-state index < -0.39 is 40.0 Å². The first kappa shape index (κ1) is 23.0. The Morgan fingerprint density at radius 1 is 1.34 bits per heavy atom. The highest BCUT2D eigenvalue weighted by Gasteiger charge is 2.44. The molecule has 11 nitrogen and oxygen atoms in total. The average molecular weight is 429 g/mol. The van der Waals surface area contributed by atoms with Crippen LogP contribution >= 0.6 is 0 Å². The quantitative estimate of drug-likeness (QED) is 0.233. The van der Waals surface area contributed by atoms with Crippen LogP contribution in [0.5, 0.6) is 5.75 Å². The molecule has 1 aromatic carbocycles. The lowest BCUT2D eigenvalue weighted by atomic mass is 10.1. The van der Waals surface area contributed by atoms with Crippen molar-refractivity contribution in [2.45, 2.75) is 42.3 Å². The summed E-state index contributed by atoms with van der Waals surface area (Å²) in [5.74, 6) is -0.854. The van der Waals surface area contributed by atoms with Crippen LogP contribution < -0.4 is 27.0 Å². The van der Waals surface area contributed by atoms with Crippen LogP contribution in [0.4, 0.5) is 0 Å². The van der Waals surface area contributed by atoms with E-state index >= 15 is 0 Å². The summed E-state index contributed by atoms with van der Waals surface area (Å²) in [7, 11) is -2.61. The Balaban J connectivity index is 2.20. The molecule has 29 heavy (non-hydrogen) atoms. The standard InChI is InChI=1S/C17H27N5O6S/c1-28-12-4-6-13(7-5-12)29(26,27)22-10-11(9-15(22)17(24)21-25)20-16(23)14(19)3-2-8-18/h4-7,11,14-15,25H,2-3,8-10,18-19H2,1H3,(H,20,23)(H,21,24)/t11-,14+,15-/m1/s1. The van der Waals surface area contributed by atoms with E-state index in [1.807, 2.05) is 0 Å². The van der Waals surface area contributed by atoms with Crippen molar-refractivity contribution in [3.05, 3.63) is 24.3 Å². The zero-order chi connectivity index (χ0) is 21.6. The first-order valence-corrected chi connectivity index (χ1v) is 10.5. The van der Waals surface area contributed by atoms with Crippen LogP contribution in [-0.2, 0) is 19.6 Å². The van der Waals surface area contributed by atoms with Gasteiger partial charge >= 0.3 is 0 Å². The highest BCUT2D eigenvalue weighted by atomic mass is 32.2. The van der Waals surface area contributed by atoms with Gasteiger partial charge in [-0.2, -0.15) is 4.31 Å². The fourth-order valence-corrected chi connectivity index (χ4v) is 4.79. The SMILES string of the molecule is COc1ccc(S(=O)(=O)N2C[C@H](NC(=O)[C@@H](N)CCCN)C[C@@H]2C(=O)NO)cc1. The number of hydrogen-bond acceptors (Lipinski definition) is 8. The fourth-order valence-electron chi connectivity index (χ4n) is 3.15. The second kappa shape index (κ2) is 9.98. The Bertz CT molecular complexity index is 816. The maximum atomic E-state index is 13.0. The number of nitrogens with zero attached hydrogens (tertiary/aromatic N) is 1. The lowest BCUT2D eigenvalue weighted by Gasteiger charge is -2.22. The van der Waals surface area contributed by atoms with Crippen molar-refractivity contribution in [1.29, 1.82) is 0 Å². The van der Waals surface area contributed by atoms with E-state index in [-0.39, 0.29) is 17.9 Å². The molecule has 1 heterocycles. The van der Waals surface area contributed by atoms with Crippen molar-refractivity contribution in [2.24, 2.45) is 11.5 Å². The summed E-state index contributed by atoms with van der Waals surface area (Å²) in [5, 5.41) is 11.7. The Morgan fingerprint density at radius 3 is 2.55 bits per heavy atom. The molecule has 0 aliphatic carbocycles. The summed E-state index contributed by atoms with van der Waals surface area (Å²) < 4.78 is 32.1. The Labute approximate surface area is 169 Å². The van der Waals surface area contributed by atoms with Crippen LogP contribution in [0.25, 0.3) is 0 Å². The number of hydrogen-bond donors (Lipinski definition) is 5. The summed E-state index contributed by atoms with van der Waals surface area (Å²) in [5.41, 5.74) is 12.7. The van der Waals surface area contributed by atoms with Gasteiger partial charge in [0.25, 0.3) is 5.91 Å². The van der Waals surface area contributed by atoms with Gasteiger partial charge in [-0.15, -0.1) is 0 Å². The Hall–Kier alpha value is -2.25. The van der Waals surface area contributed by atoms with Crippen LogP contribution in [0.2, 0.25) is 0 Å². The molecule has 0 spiro atoms. The highest BCUT2D eigenvalue weighted by molar-refractivity contribution is 7.89. The monoisotopic (exact) mass is 429 g/mol. The number of amides is 2. The molecule has 0 aromatic heterocycles. The molecule has 1 aliphatic heterocycles. The number of rotatable bonds is 9. The second-order valence-corrected chi connectivity index (χ2v) is 8.61. The topological polar surface area (TPSA) is 177 Å². The lowest BCUT2D eigenvalue weighted by molar-refractivity contribution is -0.132. The third-order valence-electron chi connectivity index (χ3n) is 4.74. The summed E-state index contributed by atoms with van der Waals surface area (Å²) in [6.07, 6.45) is 0.966. The first-order chi connectivity index (χ1) is 13.7. The number of carbonyl (C=O) groups is 2. The molecule has 0 saturated carbocycles. The van der Waals surface area contributed by atoms with Crippen LogP contribution in [-0.4, -0.2) is 68.1 Å². The van der Waals surface area contributed by atoms with Gasteiger partial charge in [0, 0.05) is 12.6 Å². The predicted octanol–water partition coefficient (Wildman–Crippen LogP) is -1.49. The van der Waals surface area contributed by atoms with Crippen molar-refractivity contribution in [3.8, 4) is 5.75 Å². The maximum absolute atomic E-state index is 13.0. The minimum atomic E-state index is -4.06. The number of sulfonamides is 1. The van der Waals surface area contributed by atoms with Crippen LogP contribution in [0.15, 0.2) is 29.2 Å². The third kappa shape index (κ3) is 5.42. The van der Waals surface area contributed by atoms with Gasteiger partial charge < -0.3 is 21.5 Å². The van der Waals surface area contributed by atoms with E-state index in [4.69, 9.17) is 21.4 Å². The third-order valence-corrected chi connectivity index (χ3v) is 6.63. The van der Waals surface area contributed by atoms with Crippen molar-refractivity contribution in [3.63, 3.8) is 0 Å². The van der Waals surface area contributed by atoms with Crippen molar-refractivity contribution in [2.75, 3.05) is 20.2 Å². The number of hydroxylamine groups is 1. The number of ether oxygens (including phenoxy) is 1. The van der Waals surface area contributed by atoms with E-state index in [1.54, 1.807) is 0 Å². The first-order valence-electron chi connectivity index (χ1n) is 9.10. The zero-order valence-corrected chi connectivity index (χ0v) is 16.9. The molecule has 162 valence electrons. The highest BCUT2D eigenvalue weighted by Crippen LogP contribution is 2.27. The van der Waals surface area contributed by atoms with Crippen LogP contribution in [0.3, 0.4) is 0 Å². The van der Waals surface area contributed by atoms with Gasteiger partial charge in [-0.25, -0.2) is 13.9 Å². The maximum Gasteiger partial charge on any atom is 0.261 e. The smallest absolute Gasteiger partial charge is 0.261 e. The molecule has 0 radical (unpaired) electrons. The second-order valence-electron chi connectivity index (χ2n) is 6.72. The van der Waals surface area contributed by atoms with Gasteiger partial charge in [0.1, 0.15) is 11.8 Å². The van der Waals surface area contributed by atoms with E-state index in [0.29, 0.717) is 25.1 Å². The van der Waals surface area contributed by atoms with E-state index in [0.717, 1.165) is 4.31 Å². The van der Waals surface area contributed by atoms with E-state index in [1.165, 1.54) is 36.9 Å². The Morgan fingerprint density at radius 2 is 2.00 bits per heavy atom. The molecule has 1 aliphatic rings. The van der Waals surface area contributed by atoms with Crippen molar-refractivity contribution in [1.82, 2.24) is 15.1 Å². The van der Waals surface area contributed by atoms with Gasteiger partial charge in [-0.3, -0.25) is 14.8 Å². The number of carbonyl (C=O) groups excluding carboxylic acids is 2.